The molecule has 1 aliphatic carbocycles. The first kappa shape index (κ1) is 18.2. The van der Waals surface area contributed by atoms with Crippen molar-refractivity contribution in [2.24, 2.45) is 11.8 Å². The summed E-state index contributed by atoms with van der Waals surface area (Å²) in [6, 6.07) is 15.4. The van der Waals surface area contributed by atoms with E-state index < -0.39 is 11.9 Å². The number of imidazole rings is 1. The number of hydrogen-bond donors (Lipinski definition) is 3. The van der Waals surface area contributed by atoms with Crippen molar-refractivity contribution in [2.75, 3.05) is 0 Å². The Morgan fingerprint density at radius 1 is 1.07 bits per heavy atom. The molecule has 1 saturated carbocycles. The minimum atomic E-state index is -0.804. The molecule has 0 radical (unpaired) electrons. The minimum Gasteiger partial charge on any atom is -0.481 e. The summed E-state index contributed by atoms with van der Waals surface area (Å²) >= 11 is 0. The zero-order chi connectivity index (χ0) is 19.5. The lowest BCUT2D eigenvalue weighted by molar-refractivity contribution is -0.144. The average molecular weight is 377 g/mol. The Labute approximate surface area is 163 Å². The summed E-state index contributed by atoms with van der Waals surface area (Å²) < 4.78 is 0. The van der Waals surface area contributed by atoms with Crippen molar-refractivity contribution >= 4 is 22.9 Å². The van der Waals surface area contributed by atoms with Crippen LogP contribution in [-0.2, 0) is 9.59 Å². The van der Waals surface area contributed by atoms with Crippen molar-refractivity contribution in [3.05, 3.63) is 66.0 Å². The number of nitrogens with one attached hydrogen (secondary N) is 2. The van der Waals surface area contributed by atoms with Gasteiger partial charge < -0.3 is 15.4 Å². The van der Waals surface area contributed by atoms with Crippen LogP contribution in [0.2, 0.25) is 0 Å². The van der Waals surface area contributed by atoms with Gasteiger partial charge in [0.1, 0.15) is 0 Å². The zero-order valence-electron chi connectivity index (χ0n) is 15.5. The van der Waals surface area contributed by atoms with Crippen molar-refractivity contribution in [3.63, 3.8) is 0 Å². The summed E-state index contributed by atoms with van der Waals surface area (Å²) in [5.41, 5.74) is 3.73. The number of benzene rings is 2. The maximum Gasteiger partial charge on any atom is 0.306 e. The quantitative estimate of drug-likeness (QED) is 0.632. The van der Waals surface area contributed by atoms with Gasteiger partial charge in [-0.15, -0.1) is 0 Å². The summed E-state index contributed by atoms with van der Waals surface area (Å²) in [5.74, 6) is -1.58. The molecule has 3 atom stereocenters. The Hall–Kier alpha value is -3.15. The lowest BCUT2D eigenvalue weighted by Gasteiger charge is -2.28. The molecule has 6 nitrogen and oxygen atoms in total. The van der Waals surface area contributed by atoms with Crippen molar-refractivity contribution < 1.29 is 14.7 Å². The highest BCUT2D eigenvalue weighted by Crippen LogP contribution is 2.31. The van der Waals surface area contributed by atoms with Gasteiger partial charge in [0.2, 0.25) is 5.91 Å². The molecule has 144 valence electrons. The maximum absolute atomic E-state index is 13.0. The number of rotatable bonds is 5. The van der Waals surface area contributed by atoms with E-state index in [1.807, 2.05) is 48.5 Å². The molecular formula is C22H23N3O3. The molecule has 0 bridgehead atoms. The summed E-state index contributed by atoms with van der Waals surface area (Å²) in [4.78, 5) is 31.7. The second kappa shape index (κ2) is 7.84. The Balaban J connectivity index is 1.60. The lowest BCUT2D eigenvalue weighted by atomic mass is 9.80. The number of aliphatic carboxylic acids is 1. The highest BCUT2D eigenvalue weighted by atomic mass is 16.4. The predicted molar refractivity (Wildman–Crippen MR) is 106 cm³/mol. The van der Waals surface area contributed by atoms with Gasteiger partial charge in [-0.3, -0.25) is 9.59 Å². The topological polar surface area (TPSA) is 95.1 Å². The van der Waals surface area contributed by atoms with Gasteiger partial charge in [-0.1, -0.05) is 42.8 Å². The molecule has 1 amide bonds. The van der Waals surface area contributed by atoms with Crippen molar-refractivity contribution in [2.45, 2.75) is 31.7 Å². The maximum atomic E-state index is 13.0. The number of carboxylic acid groups (broad SMARTS) is 1. The number of aromatic nitrogens is 2. The largest absolute Gasteiger partial charge is 0.481 e. The SMILES string of the molecule is O=C(O)C1CCCC(C(=O)NC(c2ccccc2)c2ccc3nc[nH]c3c2)C1. The molecule has 0 spiro atoms. The summed E-state index contributed by atoms with van der Waals surface area (Å²) in [7, 11) is 0. The van der Waals surface area contributed by atoms with Crippen LogP contribution in [0.5, 0.6) is 0 Å². The number of H-pyrrole nitrogens is 1. The van der Waals surface area contributed by atoms with Crippen LogP contribution in [0.25, 0.3) is 11.0 Å². The molecule has 4 rings (SSSR count). The van der Waals surface area contributed by atoms with E-state index in [1.54, 1.807) is 6.33 Å². The molecule has 1 aromatic heterocycles. The van der Waals surface area contributed by atoms with Gasteiger partial charge >= 0.3 is 5.97 Å². The number of nitrogens with zero attached hydrogens (tertiary/aromatic N) is 1. The van der Waals surface area contributed by atoms with Gasteiger partial charge in [-0.2, -0.15) is 0 Å². The van der Waals surface area contributed by atoms with Crippen molar-refractivity contribution in [1.29, 1.82) is 0 Å². The first-order valence-corrected chi connectivity index (χ1v) is 9.63. The monoisotopic (exact) mass is 377 g/mol. The number of carbonyl (C=O) groups is 2. The third kappa shape index (κ3) is 3.76. The number of carbonyl (C=O) groups excluding carboxylic acids is 1. The van der Waals surface area contributed by atoms with E-state index in [0.29, 0.717) is 12.8 Å². The van der Waals surface area contributed by atoms with E-state index in [-0.39, 0.29) is 17.9 Å². The fourth-order valence-corrected chi connectivity index (χ4v) is 4.05. The first-order valence-electron chi connectivity index (χ1n) is 9.63. The van der Waals surface area contributed by atoms with Crippen LogP contribution in [-0.4, -0.2) is 27.0 Å². The molecule has 2 aromatic carbocycles. The van der Waals surface area contributed by atoms with Crippen LogP contribution in [0.1, 0.15) is 42.9 Å². The molecule has 0 saturated heterocycles. The van der Waals surface area contributed by atoms with Crippen LogP contribution >= 0.6 is 0 Å². The predicted octanol–water partition coefficient (Wildman–Crippen LogP) is 3.66. The fraction of sp³-hybridized carbons (Fsp3) is 0.318. The molecule has 1 heterocycles. The van der Waals surface area contributed by atoms with Gasteiger partial charge in [-0.05, 0) is 42.5 Å². The molecule has 1 fully saturated rings. The molecule has 3 unspecified atom stereocenters. The molecular weight excluding hydrogens is 354 g/mol. The molecule has 28 heavy (non-hydrogen) atoms. The molecule has 3 aromatic rings. The smallest absolute Gasteiger partial charge is 0.306 e. The Kier molecular flexibility index (Phi) is 5.10. The third-order valence-corrected chi connectivity index (χ3v) is 5.59. The van der Waals surface area contributed by atoms with E-state index in [1.165, 1.54) is 0 Å². The van der Waals surface area contributed by atoms with E-state index in [4.69, 9.17) is 0 Å². The number of carboxylic acids is 1. The third-order valence-electron chi connectivity index (χ3n) is 5.59. The van der Waals surface area contributed by atoms with Gasteiger partial charge in [-0.25, -0.2) is 4.98 Å². The number of aromatic amines is 1. The molecule has 1 aliphatic rings. The molecule has 0 aliphatic heterocycles. The van der Waals surface area contributed by atoms with Crippen LogP contribution < -0.4 is 5.32 Å². The Morgan fingerprint density at radius 2 is 1.86 bits per heavy atom. The minimum absolute atomic E-state index is 0.0792. The zero-order valence-corrected chi connectivity index (χ0v) is 15.5. The van der Waals surface area contributed by atoms with Crippen LogP contribution in [0.4, 0.5) is 0 Å². The highest BCUT2D eigenvalue weighted by Gasteiger charge is 2.32. The summed E-state index contributed by atoms with van der Waals surface area (Å²) in [5, 5.41) is 12.5. The van der Waals surface area contributed by atoms with Crippen molar-refractivity contribution in [1.82, 2.24) is 15.3 Å². The van der Waals surface area contributed by atoms with Gasteiger partial charge in [0.05, 0.1) is 29.3 Å². The van der Waals surface area contributed by atoms with Gasteiger partial charge in [0.15, 0.2) is 0 Å². The Bertz CT molecular complexity index is 983. The molecule has 6 heteroatoms. The Morgan fingerprint density at radius 3 is 2.64 bits per heavy atom. The van der Waals surface area contributed by atoms with E-state index in [2.05, 4.69) is 15.3 Å². The van der Waals surface area contributed by atoms with Crippen molar-refractivity contribution in [3.8, 4) is 0 Å². The average Bonchev–Trinajstić information content (AvgIpc) is 3.20. The second-order valence-corrected chi connectivity index (χ2v) is 7.43. The van der Waals surface area contributed by atoms with E-state index in [9.17, 15) is 14.7 Å². The summed E-state index contributed by atoms with van der Waals surface area (Å²) in [6.45, 7) is 0. The number of fused-ring (bicyclic) bond motifs is 1. The molecule has 3 N–H and O–H groups in total. The number of hydrogen-bond acceptors (Lipinski definition) is 3. The van der Waals surface area contributed by atoms with Gasteiger partial charge in [0, 0.05) is 5.92 Å². The van der Waals surface area contributed by atoms with Crippen LogP contribution in [0, 0.1) is 11.8 Å². The fourth-order valence-electron chi connectivity index (χ4n) is 4.05. The van der Waals surface area contributed by atoms with E-state index >= 15 is 0 Å². The second-order valence-electron chi connectivity index (χ2n) is 7.43. The van der Waals surface area contributed by atoms with Gasteiger partial charge in [0.25, 0.3) is 0 Å². The number of amides is 1. The normalized spacial score (nSPS) is 20.6. The van der Waals surface area contributed by atoms with E-state index in [0.717, 1.165) is 35.0 Å². The van der Waals surface area contributed by atoms with Crippen LogP contribution in [0.15, 0.2) is 54.9 Å². The standard InChI is InChI=1S/C22H23N3O3/c26-21(16-7-4-8-17(11-16)22(27)28)25-20(14-5-2-1-3-6-14)15-9-10-18-19(12-15)24-13-23-18/h1-3,5-6,9-10,12-13,16-17,20H,4,7-8,11H2,(H,23,24)(H,25,26)(H,27,28). The summed E-state index contributed by atoms with van der Waals surface area (Å²) in [6.07, 6.45) is 4.21. The lowest BCUT2D eigenvalue weighted by Crippen LogP contribution is -2.37. The first-order chi connectivity index (χ1) is 13.6. The van der Waals surface area contributed by atoms with Crippen LogP contribution in [0.3, 0.4) is 0 Å². The highest BCUT2D eigenvalue weighted by molar-refractivity contribution is 5.81.